The van der Waals surface area contributed by atoms with Gasteiger partial charge >= 0.3 is 0 Å². The minimum Gasteiger partial charge on any atom is -0.330 e. The zero-order valence-electron chi connectivity index (χ0n) is 8.94. The third-order valence-corrected chi connectivity index (χ3v) is 3.09. The Bertz CT molecular complexity index is 232. The van der Waals surface area contributed by atoms with Crippen LogP contribution >= 0.6 is 11.3 Å². The SMILES string of the molecule is CCN(CC)C(CCN)c1cscn1. The highest BCUT2D eigenvalue weighted by molar-refractivity contribution is 7.07. The normalized spacial score (nSPS) is 13.4. The molecule has 1 rings (SSSR count). The topological polar surface area (TPSA) is 42.1 Å². The monoisotopic (exact) mass is 213 g/mol. The molecule has 1 heterocycles. The summed E-state index contributed by atoms with van der Waals surface area (Å²) in [4.78, 5) is 6.78. The van der Waals surface area contributed by atoms with Crippen molar-refractivity contribution in [1.82, 2.24) is 9.88 Å². The molecule has 0 fully saturated rings. The minimum absolute atomic E-state index is 0.404. The zero-order chi connectivity index (χ0) is 10.4. The number of hydrogen-bond donors (Lipinski definition) is 1. The molecule has 0 aliphatic heterocycles. The van der Waals surface area contributed by atoms with Crippen molar-refractivity contribution >= 4 is 11.3 Å². The van der Waals surface area contributed by atoms with Gasteiger partial charge in [-0.25, -0.2) is 4.98 Å². The number of thiazole rings is 1. The van der Waals surface area contributed by atoms with Crippen molar-refractivity contribution < 1.29 is 0 Å². The fourth-order valence-electron chi connectivity index (χ4n) is 1.73. The fraction of sp³-hybridized carbons (Fsp3) is 0.700. The molecular formula is C10H19N3S. The summed E-state index contributed by atoms with van der Waals surface area (Å²) in [7, 11) is 0. The summed E-state index contributed by atoms with van der Waals surface area (Å²) in [5, 5.41) is 2.12. The van der Waals surface area contributed by atoms with Crippen LogP contribution in [0.3, 0.4) is 0 Å². The number of hydrogen-bond acceptors (Lipinski definition) is 4. The van der Waals surface area contributed by atoms with E-state index in [0.717, 1.165) is 26.1 Å². The number of nitrogens with two attached hydrogens (primary N) is 1. The number of rotatable bonds is 6. The maximum Gasteiger partial charge on any atom is 0.0795 e. The Morgan fingerprint density at radius 1 is 1.50 bits per heavy atom. The van der Waals surface area contributed by atoms with E-state index in [2.05, 4.69) is 29.1 Å². The van der Waals surface area contributed by atoms with Gasteiger partial charge in [0.25, 0.3) is 0 Å². The summed E-state index contributed by atoms with van der Waals surface area (Å²) in [5.74, 6) is 0. The van der Waals surface area contributed by atoms with Crippen molar-refractivity contribution in [2.75, 3.05) is 19.6 Å². The van der Waals surface area contributed by atoms with Gasteiger partial charge in [0.1, 0.15) is 0 Å². The first-order valence-electron chi connectivity index (χ1n) is 5.15. The molecule has 0 amide bonds. The minimum atomic E-state index is 0.404. The van der Waals surface area contributed by atoms with Crippen molar-refractivity contribution in [3.05, 3.63) is 16.6 Å². The van der Waals surface area contributed by atoms with Crippen molar-refractivity contribution in [2.45, 2.75) is 26.3 Å². The van der Waals surface area contributed by atoms with Crippen LogP contribution in [0.2, 0.25) is 0 Å². The van der Waals surface area contributed by atoms with Crippen LogP contribution in [0.25, 0.3) is 0 Å². The lowest BCUT2D eigenvalue weighted by Gasteiger charge is -2.27. The van der Waals surface area contributed by atoms with E-state index in [1.165, 1.54) is 5.69 Å². The first-order valence-corrected chi connectivity index (χ1v) is 6.09. The average molecular weight is 213 g/mol. The Morgan fingerprint density at radius 2 is 2.21 bits per heavy atom. The van der Waals surface area contributed by atoms with Gasteiger partial charge in [-0.3, -0.25) is 4.90 Å². The highest BCUT2D eigenvalue weighted by atomic mass is 32.1. The van der Waals surface area contributed by atoms with E-state index in [0.29, 0.717) is 6.04 Å². The maximum absolute atomic E-state index is 5.63. The summed E-state index contributed by atoms with van der Waals surface area (Å²) in [6, 6.07) is 0.404. The van der Waals surface area contributed by atoms with Crippen LogP contribution in [0.4, 0.5) is 0 Å². The van der Waals surface area contributed by atoms with Crippen molar-refractivity contribution in [1.29, 1.82) is 0 Å². The molecule has 1 aromatic heterocycles. The summed E-state index contributed by atoms with van der Waals surface area (Å²) < 4.78 is 0. The summed E-state index contributed by atoms with van der Waals surface area (Å²) in [6.45, 7) is 7.19. The summed E-state index contributed by atoms with van der Waals surface area (Å²) >= 11 is 1.65. The fourth-order valence-corrected chi connectivity index (χ4v) is 2.33. The van der Waals surface area contributed by atoms with Crippen molar-refractivity contribution in [2.24, 2.45) is 5.73 Å². The molecule has 14 heavy (non-hydrogen) atoms. The first kappa shape index (κ1) is 11.6. The van der Waals surface area contributed by atoms with Crippen LogP contribution in [0, 0.1) is 0 Å². The van der Waals surface area contributed by atoms with E-state index < -0.39 is 0 Å². The smallest absolute Gasteiger partial charge is 0.0795 e. The molecule has 1 atom stereocenters. The molecule has 0 aliphatic rings. The summed E-state index contributed by atoms with van der Waals surface area (Å²) in [6.07, 6.45) is 0.991. The molecule has 4 heteroatoms. The third-order valence-electron chi connectivity index (χ3n) is 2.49. The average Bonchev–Trinajstić information content (AvgIpc) is 2.71. The van der Waals surface area contributed by atoms with Crippen molar-refractivity contribution in [3.63, 3.8) is 0 Å². The largest absolute Gasteiger partial charge is 0.330 e. The van der Waals surface area contributed by atoms with Gasteiger partial charge in [0.15, 0.2) is 0 Å². The van der Waals surface area contributed by atoms with Crippen LogP contribution in [-0.2, 0) is 0 Å². The molecule has 80 valence electrons. The van der Waals surface area contributed by atoms with Gasteiger partial charge in [0.2, 0.25) is 0 Å². The predicted molar refractivity (Wildman–Crippen MR) is 61.4 cm³/mol. The van der Waals surface area contributed by atoms with Gasteiger partial charge in [-0.2, -0.15) is 0 Å². The van der Waals surface area contributed by atoms with Crippen LogP contribution < -0.4 is 5.73 Å². The van der Waals surface area contributed by atoms with Gasteiger partial charge < -0.3 is 5.73 Å². The Kier molecular flexibility index (Phi) is 5.07. The quantitative estimate of drug-likeness (QED) is 0.784. The Labute approximate surface area is 89.9 Å². The van der Waals surface area contributed by atoms with E-state index in [-0.39, 0.29) is 0 Å². The molecule has 0 aromatic carbocycles. The van der Waals surface area contributed by atoms with Gasteiger partial charge in [-0.1, -0.05) is 13.8 Å². The molecule has 3 nitrogen and oxygen atoms in total. The van der Waals surface area contributed by atoms with Gasteiger partial charge in [0, 0.05) is 5.38 Å². The Balaban J connectivity index is 2.72. The molecule has 0 saturated carbocycles. The van der Waals surface area contributed by atoms with Crippen LogP contribution in [0.5, 0.6) is 0 Å². The first-order chi connectivity index (χ1) is 6.83. The predicted octanol–water partition coefficient (Wildman–Crippen LogP) is 1.87. The second kappa shape index (κ2) is 6.11. The lowest BCUT2D eigenvalue weighted by Crippen LogP contribution is -2.30. The highest BCUT2D eigenvalue weighted by Crippen LogP contribution is 2.22. The maximum atomic E-state index is 5.63. The molecule has 0 radical (unpaired) electrons. The van der Waals surface area contributed by atoms with Crippen LogP contribution in [0.15, 0.2) is 10.9 Å². The van der Waals surface area contributed by atoms with Gasteiger partial charge in [0.05, 0.1) is 17.2 Å². The third kappa shape index (κ3) is 2.77. The molecule has 1 unspecified atom stereocenters. The summed E-state index contributed by atoms with van der Waals surface area (Å²) in [5.41, 5.74) is 8.69. The molecule has 0 bridgehead atoms. The number of nitrogens with zero attached hydrogens (tertiary/aromatic N) is 2. The molecule has 0 saturated heterocycles. The molecule has 0 aliphatic carbocycles. The molecule has 1 aromatic rings. The van der Waals surface area contributed by atoms with E-state index in [9.17, 15) is 0 Å². The van der Waals surface area contributed by atoms with Crippen LogP contribution in [-0.4, -0.2) is 29.5 Å². The standard InChI is InChI=1S/C10H19N3S/c1-3-13(4-2)10(5-6-11)9-7-14-8-12-9/h7-8,10H,3-6,11H2,1-2H3. The lowest BCUT2D eigenvalue weighted by molar-refractivity contribution is 0.207. The zero-order valence-corrected chi connectivity index (χ0v) is 9.76. The van der Waals surface area contributed by atoms with E-state index in [1.807, 2.05) is 5.51 Å². The molecular weight excluding hydrogens is 194 g/mol. The second-order valence-electron chi connectivity index (χ2n) is 3.23. The Morgan fingerprint density at radius 3 is 2.64 bits per heavy atom. The van der Waals surface area contributed by atoms with Gasteiger partial charge in [-0.15, -0.1) is 11.3 Å². The van der Waals surface area contributed by atoms with Crippen molar-refractivity contribution in [3.8, 4) is 0 Å². The van der Waals surface area contributed by atoms with Crippen LogP contribution in [0.1, 0.15) is 32.0 Å². The van der Waals surface area contributed by atoms with E-state index in [4.69, 9.17) is 5.73 Å². The highest BCUT2D eigenvalue weighted by Gasteiger charge is 2.18. The Hall–Kier alpha value is -0.450. The molecule has 0 spiro atoms. The van der Waals surface area contributed by atoms with E-state index in [1.54, 1.807) is 11.3 Å². The lowest BCUT2D eigenvalue weighted by atomic mass is 10.1. The second-order valence-corrected chi connectivity index (χ2v) is 3.95. The number of aromatic nitrogens is 1. The van der Waals surface area contributed by atoms with Gasteiger partial charge in [-0.05, 0) is 26.1 Å². The molecule has 2 N–H and O–H groups in total. The van der Waals surface area contributed by atoms with E-state index >= 15 is 0 Å².